The number of anilines is 1. The highest BCUT2D eigenvalue weighted by Gasteiger charge is 2.11. The summed E-state index contributed by atoms with van der Waals surface area (Å²) >= 11 is 0. The molecule has 0 bridgehead atoms. The van der Waals surface area contributed by atoms with E-state index < -0.39 is 29.3 Å². The Morgan fingerprint density at radius 3 is 2.80 bits per heavy atom. The number of hydrogen-bond donors (Lipinski definition) is 1. The Hall–Kier alpha value is -3.62. The summed E-state index contributed by atoms with van der Waals surface area (Å²) in [5, 5.41) is 13.0. The van der Waals surface area contributed by atoms with Gasteiger partial charge in [-0.15, -0.1) is 0 Å². The van der Waals surface area contributed by atoms with Crippen LogP contribution in [0.2, 0.25) is 0 Å². The molecule has 0 saturated heterocycles. The van der Waals surface area contributed by atoms with E-state index in [-0.39, 0.29) is 5.76 Å². The molecule has 0 aliphatic rings. The first kappa shape index (κ1) is 17.7. The van der Waals surface area contributed by atoms with Gasteiger partial charge in [-0.1, -0.05) is 6.07 Å². The summed E-state index contributed by atoms with van der Waals surface area (Å²) in [6, 6.07) is 9.19. The van der Waals surface area contributed by atoms with Crippen molar-refractivity contribution in [3.05, 3.63) is 58.3 Å². The maximum atomic E-state index is 11.7. The lowest BCUT2D eigenvalue weighted by Gasteiger charge is -2.06. The number of rotatable bonds is 7. The van der Waals surface area contributed by atoms with Gasteiger partial charge in [-0.25, -0.2) is 4.79 Å². The third kappa shape index (κ3) is 5.50. The summed E-state index contributed by atoms with van der Waals surface area (Å²) in [7, 11) is 1.50. The van der Waals surface area contributed by atoms with Gasteiger partial charge in [-0.05, 0) is 24.3 Å². The molecule has 1 aromatic carbocycles. The zero-order valence-corrected chi connectivity index (χ0v) is 13.1. The Morgan fingerprint density at radius 2 is 2.12 bits per heavy atom. The van der Waals surface area contributed by atoms with Gasteiger partial charge >= 0.3 is 11.9 Å². The zero-order chi connectivity index (χ0) is 18.2. The molecule has 130 valence electrons. The van der Waals surface area contributed by atoms with Gasteiger partial charge in [0, 0.05) is 17.8 Å². The molecule has 1 N–H and O–H groups in total. The highest BCUT2D eigenvalue weighted by Crippen LogP contribution is 2.17. The van der Waals surface area contributed by atoms with E-state index >= 15 is 0 Å². The molecule has 9 nitrogen and oxygen atoms in total. The fourth-order valence-corrected chi connectivity index (χ4v) is 1.76. The van der Waals surface area contributed by atoms with Crippen LogP contribution < -0.4 is 10.1 Å². The number of furan rings is 1. The first-order valence-electron chi connectivity index (χ1n) is 7.01. The van der Waals surface area contributed by atoms with Gasteiger partial charge in [0.25, 0.3) is 5.91 Å². The normalized spacial score (nSPS) is 10.4. The van der Waals surface area contributed by atoms with Crippen molar-refractivity contribution in [2.24, 2.45) is 0 Å². The molecule has 25 heavy (non-hydrogen) atoms. The van der Waals surface area contributed by atoms with E-state index in [1.54, 1.807) is 24.3 Å². The van der Waals surface area contributed by atoms with Crippen molar-refractivity contribution in [1.82, 2.24) is 0 Å². The predicted octanol–water partition coefficient (Wildman–Crippen LogP) is 2.39. The van der Waals surface area contributed by atoms with Crippen molar-refractivity contribution < 1.29 is 28.4 Å². The van der Waals surface area contributed by atoms with Crippen LogP contribution in [0.1, 0.15) is 5.76 Å². The first-order chi connectivity index (χ1) is 12.0. The van der Waals surface area contributed by atoms with Gasteiger partial charge in [0.05, 0.1) is 13.2 Å². The third-order valence-electron chi connectivity index (χ3n) is 2.88. The molecule has 1 amide bonds. The zero-order valence-electron chi connectivity index (χ0n) is 13.1. The van der Waals surface area contributed by atoms with E-state index in [0.29, 0.717) is 11.4 Å². The fraction of sp³-hybridized carbons (Fsp3) is 0.125. The molecule has 0 aliphatic heterocycles. The van der Waals surface area contributed by atoms with E-state index in [1.807, 2.05) is 0 Å². The van der Waals surface area contributed by atoms with E-state index in [4.69, 9.17) is 13.9 Å². The highest BCUT2D eigenvalue weighted by atomic mass is 16.6. The maximum absolute atomic E-state index is 11.7. The molecular formula is C16H14N2O7. The monoisotopic (exact) mass is 346 g/mol. The number of nitrogens with zero attached hydrogens (tertiary/aromatic N) is 1. The highest BCUT2D eigenvalue weighted by molar-refractivity contribution is 5.94. The second kappa shape index (κ2) is 8.29. The molecule has 1 heterocycles. The van der Waals surface area contributed by atoms with Crippen LogP contribution in [-0.4, -0.2) is 30.5 Å². The standard InChI is InChI=1S/C16H14N2O7/c1-23-13-4-2-3-11(9-13)17-14(19)10-24-16(20)8-6-12-5-7-15(25-12)18(21)22/h2-9H,10H2,1H3,(H,17,19)/b8-6+. The average molecular weight is 346 g/mol. The van der Waals surface area contributed by atoms with Gasteiger partial charge in [-0.2, -0.15) is 0 Å². The van der Waals surface area contributed by atoms with Crippen LogP contribution >= 0.6 is 0 Å². The van der Waals surface area contributed by atoms with Crippen molar-refractivity contribution in [3.8, 4) is 5.75 Å². The van der Waals surface area contributed by atoms with Crippen molar-refractivity contribution in [3.63, 3.8) is 0 Å². The summed E-state index contributed by atoms with van der Waals surface area (Å²) in [6.07, 6.45) is 2.21. The van der Waals surface area contributed by atoms with Crippen molar-refractivity contribution in [1.29, 1.82) is 0 Å². The summed E-state index contributed by atoms with van der Waals surface area (Å²) in [4.78, 5) is 33.0. The number of nitrogens with one attached hydrogen (secondary N) is 1. The number of hydrogen-bond acceptors (Lipinski definition) is 7. The number of methoxy groups -OCH3 is 1. The van der Waals surface area contributed by atoms with Crippen molar-refractivity contribution in [2.45, 2.75) is 0 Å². The number of benzene rings is 1. The molecule has 0 saturated carbocycles. The van der Waals surface area contributed by atoms with Crippen LogP contribution in [0.4, 0.5) is 11.6 Å². The minimum atomic E-state index is -0.792. The van der Waals surface area contributed by atoms with Crippen LogP contribution in [0, 0.1) is 10.1 Å². The largest absolute Gasteiger partial charge is 0.497 e. The minimum Gasteiger partial charge on any atom is -0.497 e. The van der Waals surface area contributed by atoms with Crippen LogP contribution in [0.3, 0.4) is 0 Å². The molecule has 2 rings (SSSR count). The van der Waals surface area contributed by atoms with Gasteiger partial charge in [0.2, 0.25) is 0 Å². The van der Waals surface area contributed by atoms with Gasteiger partial charge in [0.1, 0.15) is 16.4 Å². The summed E-state index contributed by atoms with van der Waals surface area (Å²) in [5.41, 5.74) is 0.499. The molecule has 1 aromatic heterocycles. The topological polar surface area (TPSA) is 121 Å². The Bertz CT molecular complexity index is 810. The molecule has 0 radical (unpaired) electrons. The number of esters is 1. The molecule has 2 aromatic rings. The SMILES string of the molecule is COc1cccc(NC(=O)COC(=O)/C=C/c2ccc([N+](=O)[O-])o2)c1. The minimum absolute atomic E-state index is 0.115. The number of ether oxygens (including phenoxy) is 2. The Kier molecular flexibility index (Phi) is 5.88. The van der Waals surface area contributed by atoms with Crippen LogP contribution in [0.5, 0.6) is 5.75 Å². The lowest BCUT2D eigenvalue weighted by molar-refractivity contribution is -0.402. The second-order valence-corrected chi connectivity index (χ2v) is 4.65. The number of amides is 1. The molecule has 9 heteroatoms. The average Bonchev–Trinajstić information content (AvgIpc) is 3.07. The number of carbonyl (C=O) groups is 2. The Labute approximate surface area is 142 Å². The van der Waals surface area contributed by atoms with Gasteiger partial charge in [0.15, 0.2) is 6.61 Å². The van der Waals surface area contributed by atoms with E-state index in [9.17, 15) is 19.7 Å². The number of nitro groups is 1. The second-order valence-electron chi connectivity index (χ2n) is 4.65. The Morgan fingerprint density at radius 1 is 1.32 bits per heavy atom. The smallest absolute Gasteiger partial charge is 0.433 e. The fourth-order valence-electron chi connectivity index (χ4n) is 1.76. The van der Waals surface area contributed by atoms with Crippen LogP contribution in [-0.2, 0) is 14.3 Å². The van der Waals surface area contributed by atoms with Gasteiger partial charge < -0.3 is 19.2 Å². The molecule has 0 unspecified atom stereocenters. The molecule has 0 spiro atoms. The van der Waals surface area contributed by atoms with Gasteiger partial charge in [-0.3, -0.25) is 14.9 Å². The van der Waals surface area contributed by atoms with E-state index in [1.165, 1.54) is 19.3 Å². The van der Waals surface area contributed by atoms with Crippen LogP contribution in [0.25, 0.3) is 6.08 Å². The lowest BCUT2D eigenvalue weighted by Crippen LogP contribution is -2.20. The summed E-state index contributed by atoms with van der Waals surface area (Å²) in [5.74, 6) is -1.07. The predicted molar refractivity (Wildman–Crippen MR) is 87.0 cm³/mol. The first-order valence-corrected chi connectivity index (χ1v) is 7.01. The quantitative estimate of drug-likeness (QED) is 0.353. The van der Waals surface area contributed by atoms with Crippen molar-refractivity contribution >= 4 is 29.5 Å². The molecule has 0 fully saturated rings. The maximum Gasteiger partial charge on any atom is 0.433 e. The van der Waals surface area contributed by atoms with Crippen molar-refractivity contribution in [2.75, 3.05) is 19.0 Å². The third-order valence-corrected chi connectivity index (χ3v) is 2.88. The summed E-state index contributed by atoms with van der Waals surface area (Å²) in [6.45, 7) is -0.487. The lowest BCUT2D eigenvalue weighted by atomic mass is 10.3. The number of carbonyl (C=O) groups excluding carboxylic acids is 2. The molecular weight excluding hydrogens is 332 g/mol. The van der Waals surface area contributed by atoms with Crippen LogP contribution in [0.15, 0.2) is 46.9 Å². The molecule has 0 atom stereocenters. The van der Waals surface area contributed by atoms with E-state index in [0.717, 1.165) is 12.1 Å². The molecule has 0 aliphatic carbocycles. The summed E-state index contributed by atoms with van der Waals surface area (Å²) < 4.78 is 14.6. The van der Waals surface area contributed by atoms with E-state index in [2.05, 4.69) is 5.32 Å². The Balaban J connectivity index is 1.81.